The molecule has 3 aromatic rings. The topological polar surface area (TPSA) is 97.6 Å². The van der Waals surface area contributed by atoms with Gasteiger partial charge in [-0.1, -0.05) is 25.6 Å². The molecule has 0 atom stereocenters. The van der Waals surface area contributed by atoms with Crippen LogP contribution in [0.25, 0.3) is 11.0 Å². The predicted molar refractivity (Wildman–Crippen MR) is 114 cm³/mol. The highest BCUT2D eigenvalue weighted by Gasteiger charge is 2.15. The molecular formula is C18H25N7OS2. The van der Waals surface area contributed by atoms with E-state index in [0.717, 1.165) is 34.1 Å². The zero-order valence-corrected chi connectivity index (χ0v) is 18.4. The maximum Gasteiger partial charge on any atom is 0.263 e. The van der Waals surface area contributed by atoms with E-state index in [1.54, 1.807) is 6.20 Å². The van der Waals surface area contributed by atoms with Crippen LogP contribution in [0.15, 0.2) is 11.4 Å². The first-order valence-electron chi connectivity index (χ1n) is 9.12. The van der Waals surface area contributed by atoms with Gasteiger partial charge in [0.1, 0.15) is 10.7 Å². The molecule has 0 unspecified atom stereocenters. The Balaban J connectivity index is 1.73. The number of amides is 1. The Morgan fingerprint density at radius 1 is 1.29 bits per heavy atom. The maximum absolute atomic E-state index is 12.4. The molecule has 0 bridgehead atoms. The Bertz CT molecular complexity index is 980. The zero-order chi connectivity index (χ0) is 20.3. The average molecular weight is 420 g/mol. The number of anilines is 1. The van der Waals surface area contributed by atoms with Gasteiger partial charge in [0.2, 0.25) is 0 Å². The lowest BCUT2D eigenvalue weighted by Crippen LogP contribution is -2.27. The van der Waals surface area contributed by atoms with Crippen molar-refractivity contribution in [3.8, 4) is 0 Å². The van der Waals surface area contributed by atoms with Crippen LogP contribution in [-0.4, -0.2) is 50.0 Å². The maximum atomic E-state index is 12.4. The molecule has 3 rings (SSSR count). The first-order valence-corrected chi connectivity index (χ1v) is 11.2. The fourth-order valence-electron chi connectivity index (χ4n) is 2.72. The second kappa shape index (κ2) is 8.87. The van der Waals surface area contributed by atoms with Crippen molar-refractivity contribution in [3.63, 3.8) is 0 Å². The summed E-state index contributed by atoms with van der Waals surface area (Å²) in [5.41, 5.74) is 1.53. The largest absolute Gasteiger partial charge is 0.369 e. The molecule has 150 valence electrons. The van der Waals surface area contributed by atoms with Gasteiger partial charge in [0, 0.05) is 13.1 Å². The van der Waals surface area contributed by atoms with Crippen molar-refractivity contribution in [2.24, 2.45) is 5.92 Å². The SMILES string of the molecule is CSc1nc(NCC(C)C)c2cnn(CCNC(=O)c3sc(C)nc3C)c2n1. The summed E-state index contributed by atoms with van der Waals surface area (Å²) in [6.45, 7) is 9.87. The summed E-state index contributed by atoms with van der Waals surface area (Å²) in [5, 5.41) is 13.3. The first kappa shape index (κ1) is 20.5. The van der Waals surface area contributed by atoms with Gasteiger partial charge < -0.3 is 10.6 Å². The number of aromatic nitrogens is 5. The highest BCUT2D eigenvalue weighted by Crippen LogP contribution is 2.23. The minimum absolute atomic E-state index is 0.0988. The van der Waals surface area contributed by atoms with Crippen LogP contribution < -0.4 is 10.6 Å². The molecule has 3 aromatic heterocycles. The van der Waals surface area contributed by atoms with Gasteiger partial charge in [-0.15, -0.1) is 11.3 Å². The number of nitrogens with zero attached hydrogens (tertiary/aromatic N) is 5. The number of aryl methyl sites for hydroxylation is 2. The second-order valence-corrected chi connectivity index (χ2v) is 8.82. The number of hydrogen-bond donors (Lipinski definition) is 2. The van der Waals surface area contributed by atoms with Crippen LogP contribution in [0.4, 0.5) is 5.82 Å². The Hall–Kier alpha value is -2.20. The van der Waals surface area contributed by atoms with Gasteiger partial charge in [-0.3, -0.25) is 4.79 Å². The van der Waals surface area contributed by atoms with E-state index in [4.69, 9.17) is 0 Å². The molecule has 0 spiro atoms. The van der Waals surface area contributed by atoms with Crippen LogP contribution >= 0.6 is 23.1 Å². The smallest absolute Gasteiger partial charge is 0.263 e. The second-order valence-electron chi connectivity index (χ2n) is 6.84. The van der Waals surface area contributed by atoms with Crippen LogP contribution in [0.1, 0.15) is 34.2 Å². The summed E-state index contributed by atoms with van der Waals surface area (Å²) in [7, 11) is 0. The summed E-state index contributed by atoms with van der Waals surface area (Å²) in [6.07, 6.45) is 3.73. The molecule has 3 heterocycles. The molecule has 8 nitrogen and oxygen atoms in total. The van der Waals surface area contributed by atoms with Crippen molar-refractivity contribution in [2.45, 2.75) is 39.4 Å². The monoisotopic (exact) mass is 419 g/mol. The number of carbonyl (C=O) groups excluding carboxylic acids is 1. The summed E-state index contributed by atoms with van der Waals surface area (Å²) >= 11 is 2.91. The molecular weight excluding hydrogens is 394 g/mol. The third-order valence-electron chi connectivity index (χ3n) is 4.05. The van der Waals surface area contributed by atoms with Crippen LogP contribution in [0, 0.1) is 19.8 Å². The molecule has 10 heteroatoms. The lowest BCUT2D eigenvalue weighted by atomic mass is 10.2. The molecule has 0 aromatic carbocycles. The Labute approximate surface area is 172 Å². The number of carbonyl (C=O) groups is 1. The number of thiazole rings is 1. The molecule has 0 radical (unpaired) electrons. The van der Waals surface area contributed by atoms with E-state index >= 15 is 0 Å². The van der Waals surface area contributed by atoms with E-state index < -0.39 is 0 Å². The van der Waals surface area contributed by atoms with Crippen LogP contribution in [-0.2, 0) is 6.54 Å². The number of hydrogen-bond acceptors (Lipinski definition) is 8. The number of fused-ring (bicyclic) bond motifs is 1. The van der Waals surface area contributed by atoms with Crippen molar-refractivity contribution in [2.75, 3.05) is 24.7 Å². The number of rotatable bonds is 8. The average Bonchev–Trinajstić information content (AvgIpc) is 3.22. The molecule has 0 aliphatic rings. The van der Waals surface area contributed by atoms with Crippen LogP contribution in [0.3, 0.4) is 0 Å². The van der Waals surface area contributed by atoms with Crippen molar-refractivity contribution in [3.05, 3.63) is 21.8 Å². The minimum Gasteiger partial charge on any atom is -0.369 e. The molecule has 28 heavy (non-hydrogen) atoms. The molecule has 0 fully saturated rings. The van der Waals surface area contributed by atoms with E-state index in [0.29, 0.717) is 29.0 Å². The highest BCUT2D eigenvalue weighted by molar-refractivity contribution is 7.98. The standard InChI is InChI=1S/C18H25N7OS2/c1-10(2)8-20-15-13-9-21-25(16(13)24-18(23-15)27-5)7-6-19-17(26)14-11(3)22-12(4)28-14/h9-10H,6-8H2,1-5H3,(H,19,26)(H,20,23,24). The Morgan fingerprint density at radius 2 is 2.07 bits per heavy atom. The molecule has 1 amide bonds. The van der Waals surface area contributed by atoms with Gasteiger partial charge >= 0.3 is 0 Å². The van der Waals surface area contributed by atoms with Gasteiger partial charge in [0.25, 0.3) is 5.91 Å². The van der Waals surface area contributed by atoms with E-state index in [9.17, 15) is 4.79 Å². The summed E-state index contributed by atoms with van der Waals surface area (Å²) in [6, 6.07) is 0. The third kappa shape index (κ3) is 4.61. The van der Waals surface area contributed by atoms with Gasteiger partial charge in [-0.2, -0.15) is 5.10 Å². The van der Waals surface area contributed by atoms with Crippen LogP contribution in [0.5, 0.6) is 0 Å². The fourth-order valence-corrected chi connectivity index (χ4v) is 3.92. The van der Waals surface area contributed by atoms with E-state index in [1.807, 2.05) is 24.8 Å². The quantitative estimate of drug-likeness (QED) is 0.428. The Morgan fingerprint density at radius 3 is 2.71 bits per heavy atom. The third-order valence-corrected chi connectivity index (χ3v) is 5.67. The lowest BCUT2D eigenvalue weighted by Gasteiger charge is -2.10. The van der Waals surface area contributed by atoms with Gasteiger partial charge in [0.15, 0.2) is 10.8 Å². The Kier molecular flexibility index (Phi) is 6.50. The molecule has 2 N–H and O–H groups in total. The van der Waals surface area contributed by atoms with Gasteiger partial charge in [-0.25, -0.2) is 19.6 Å². The first-order chi connectivity index (χ1) is 13.4. The fraction of sp³-hybridized carbons (Fsp3) is 0.500. The van der Waals surface area contributed by atoms with Gasteiger partial charge in [-0.05, 0) is 26.0 Å². The van der Waals surface area contributed by atoms with Crippen molar-refractivity contribution < 1.29 is 4.79 Å². The van der Waals surface area contributed by atoms with E-state index in [1.165, 1.54) is 23.1 Å². The summed E-state index contributed by atoms with van der Waals surface area (Å²) in [4.78, 5) is 26.5. The highest BCUT2D eigenvalue weighted by atomic mass is 32.2. The molecule has 0 saturated carbocycles. The minimum atomic E-state index is -0.0988. The van der Waals surface area contributed by atoms with Crippen LogP contribution in [0.2, 0.25) is 0 Å². The number of nitrogens with one attached hydrogen (secondary N) is 2. The normalized spacial score (nSPS) is 11.4. The summed E-state index contributed by atoms with van der Waals surface area (Å²) < 4.78 is 1.81. The van der Waals surface area contributed by atoms with E-state index in [2.05, 4.69) is 44.5 Å². The molecule has 0 saturated heterocycles. The number of thioether (sulfide) groups is 1. The van der Waals surface area contributed by atoms with Crippen molar-refractivity contribution >= 4 is 45.9 Å². The molecule has 0 aliphatic heterocycles. The lowest BCUT2D eigenvalue weighted by molar-refractivity contribution is 0.0955. The zero-order valence-electron chi connectivity index (χ0n) is 16.7. The van der Waals surface area contributed by atoms with Crippen molar-refractivity contribution in [1.29, 1.82) is 0 Å². The van der Waals surface area contributed by atoms with Crippen molar-refractivity contribution in [1.82, 2.24) is 30.0 Å². The molecule has 0 aliphatic carbocycles. The van der Waals surface area contributed by atoms with Gasteiger partial charge in [0.05, 0.1) is 28.8 Å². The summed E-state index contributed by atoms with van der Waals surface area (Å²) in [5.74, 6) is 1.21. The predicted octanol–water partition coefficient (Wildman–Crippen LogP) is 3.12. The van der Waals surface area contributed by atoms with E-state index in [-0.39, 0.29) is 5.91 Å².